The number of rotatable bonds is 2. The first kappa shape index (κ1) is 13.3. The summed E-state index contributed by atoms with van der Waals surface area (Å²) >= 11 is 0. The summed E-state index contributed by atoms with van der Waals surface area (Å²) in [6, 6.07) is 9.61. The van der Waals surface area contributed by atoms with Crippen LogP contribution in [0.3, 0.4) is 0 Å². The molecule has 0 unspecified atom stereocenters. The molecule has 1 amide bonds. The van der Waals surface area contributed by atoms with Gasteiger partial charge < -0.3 is 21.6 Å². The van der Waals surface area contributed by atoms with Crippen LogP contribution in [0.2, 0.25) is 0 Å². The van der Waals surface area contributed by atoms with Gasteiger partial charge in [-0.15, -0.1) is 0 Å². The van der Waals surface area contributed by atoms with Crippen molar-refractivity contribution in [2.45, 2.75) is 0 Å². The Balaban J connectivity index is 0.000000184. The highest BCUT2D eigenvalue weighted by atomic mass is 16.4. The van der Waals surface area contributed by atoms with Gasteiger partial charge in [-0.05, 0) is 36.4 Å². The number of carboxylic acid groups (broad SMARTS) is 1. The molecule has 6 heteroatoms. The molecule has 0 saturated heterocycles. The number of carboxylic acids is 1. The molecule has 0 spiro atoms. The Bertz CT molecular complexity index is 518. The molecule has 6 nitrogen and oxygen atoms in total. The van der Waals surface area contributed by atoms with E-state index in [1.54, 1.807) is 36.5 Å². The van der Waals surface area contributed by atoms with Crippen LogP contribution in [0.15, 0.2) is 42.6 Å². The second-order valence-electron chi connectivity index (χ2n) is 3.38. The predicted molar refractivity (Wildman–Crippen MR) is 67.1 cm³/mol. The Kier molecular flexibility index (Phi) is 4.50. The molecule has 2 aromatic rings. The number of nitrogen functional groups attached to an aromatic ring is 1. The summed E-state index contributed by atoms with van der Waals surface area (Å²) in [6.45, 7) is 0. The maximum absolute atomic E-state index is 10.5. The zero-order chi connectivity index (χ0) is 13.5. The van der Waals surface area contributed by atoms with Crippen LogP contribution < -0.4 is 11.5 Å². The number of carbonyl (C=O) groups is 2. The molecule has 2 rings (SSSR count). The fourth-order valence-electron chi connectivity index (χ4n) is 1.11. The van der Waals surface area contributed by atoms with Crippen LogP contribution in [0.25, 0.3) is 0 Å². The Morgan fingerprint density at radius 2 is 1.72 bits per heavy atom. The number of aromatic carboxylic acids is 1. The lowest BCUT2D eigenvalue weighted by Gasteiger charge is -1.93. The number of carbonyl (C=O) groups excluding carboxylic acids is 1. The summed E-state index contributed by atoms with van der Waals surface area (Å²) in [6.07, 6.45) is 1.57. The number of amides is 1. The van der Waals surface area contributed by atoms with Gasteiger partial charge in [-0.1, -0.05) is 0 Å². The van der Waals surface area contributed by atoms with Crippen LogP contribution >= 0.6 is 0 Å². The van der Waals surface area contributed by atoms with E-state index in [0.717, 1.165) is 0 Å². The first-order valence-corrected chi connectivity index (χ1v) is 5.02. The van der Waals surface area contributed by atoms with Crippen molar-refractivity contribution in [1.29, 1.82) is 0 Å². The van der Waals surface area contributed by atoms with Gasteiger partial charge >= 0.3 is 5.97 Å². The average Bonchev–Trinajstić information content (AvgIpc) is 2.84. The monoisotopic (exact) mass is 247 g/mol. The number of aromatic amines is 1. The van der Waals surface area contributed by atoms with E-state index in [-0.39, 0.29) is 5.69 Å². The van der Waals surface area contributed by atoms with Gasteiger partial charge in [0.2, 0.25) is 5.91 Å². The summed E-state index contributed by atoms with van der Waals surface area (Å²) in [5.41, 5.74) is 11.7. The zero-order valence-corrected chi connectivity index (χ0v) is 9.46. The zero-order valence-electron chi connectivity index (χ0n) is 9.46. The van der Waals surface area contributed by atoms with Crippen LogP contribution in [0.4, 0.5) is 5.69 Å². The number of nitrogens with two attached hydrogens (primary N) is 2. The molecule has 0 radical (unpaired) electrons. The molecule has 18 heavy (non-hydrogen) atoms. The maximum Gasteiger partial charge on any atom is 0.352 e. The lowest BCUT2D eigenvalue weighted by Crippen LogP contribution is -2.10. The van der Waals surface area contributed by atoms with Crippen molar-refractivity contribution in [1.82, 2.24) is 4.98 Å². The number of primary amides is 1. The van der Waals surface area contributed by atoms with E-state index in [9.17, 15) is 9.59 Å². The normalized spacial score (nSPS) is 9.11. The molecular formula is C12H13N3O3. The molecule has 1 aromatic heterocycles. The molecule has 1 heterocycles. The molecule has 0 saturated carbocycles. The third-order valence-electron chi connectivity index (χ3n) is 2.02. The van der Waals surface area contributed by atoms with E-state index < -0.39 is 11.9 Å². The summed E-state index contributed by atoms with van der Waals surface area (Å²) in [5.74, 6) is -1.35. The predicted octanol–water partition coefficient (Wildman–Crippen LogP) is 1.08. The summed E-state index contributed by atoms with van der Waals surface area (Å²) in [5, 5.41) is 8.24. The van der Waals surface area contributed by atoms with Crippen LogP contribution in [-0.4, -0.2) is 22.0 Å². The number of H-pyrrole nitrogens is 1. The highest BCUT2D eigenvalue weighted by Crippen LogP contribution is 2.03. The van der Waals surface area contributed by atoms with Gasteiger partial charge in [-0.2, -0.15) is 0 Å². The third kappa shape index (κ3) is 4.01. The number of aromatic nitrogens is 1. The largest absolute Gasteiger partial charge is 0.477 e. The first-order valence-electron chi connectivity index (χ1n) is 5.02. The third-order valence-corrected chi connectivity index (χ3v) is 2.02. The molecule has 1 aromatic carbocycles. The highest BCUT2D eigenvalue weighted by molar-refractivity contribution is 5.93. The van der Waals surface area contributed by atoms with Crippen LogP contribution in [-0.2, 0) is 0 Å². The number of hydrogen-bond donors (Lipinski definition) is 4. The molecule has 0 atom stereocenters. The smallest absolute Gasteiger partial charge is 0.352 e. The Hall–Kier alpha value is -2.76. The van der Waals surface area contributed by atoms with E-state index >= 15 is 0 Å². The Labute approximate surface area is 103 Å². The summed E-state index contributed by atoms with van der Waals surface area (Å²) < 4.78 is 0. The van der Waals surface area contributed by atoms with E-state index in [1.807, 2.05) is 0 Å². The second-order valence-corrected chi connectivity index (χ2v) is 3.38. The van der Waals surface area contributed by atoms with Gasteiger partial charge in [-0.25, -0.2) is 4.79 Å². The van der Waals surface area contributed by atoms with Gasteiger partial charge in [0.15, 0.2) is 0 Å². The average molecular weight is 247 g/mol. The lowest BCUT2D eigenvalue weighted by atomic mass is 10.2. The first-order chi connectivity index (χ1) is 8.50. The van der Waals surface area contributed by atoms with Crippen molar-refractivity contribution < 1.29 is 14.7 Å². The number of nitrogens with one attached hydrogen (secondary N) is 1. The van der Waals surface area contributed by atoms with Crippen molar-refractivity contribution in [2.24, 2.45) is 5.73 Å². The number of anilines is 1. The standard InChI is InChI=1S/C7H8N2O.C5H5NO2/c8-6-3-1-5(2-4-6)7(9)10;7-5(8)4-2-1-3-6-4/h1-4H,8H2,(H2,9,10);1-3,6H,(H,7,8). The number of hydrogen-bond acceptors (Lipinski definition) is 3. The molecular weight excluding hydrogens is 234 g/mol. The van der Waals surface area contributed by atoms with Crippen LogP contribution in [0, 0.1) is 0 Å². The van der Waals surface area contributed by atoms with Crippen molar-refractivity contribution in [3.05, 3.63) is 53.9 Å². The van der Waals surface area contributed by atoms with Crippen molar-refractivity contribution in [3.8, 4) is 0 Å². The van der Waals surface area contributed by atoms with E-state index in [2.05, 4.69) is 4.98 Å². The quantitative estimate of drug-likeness (QED) is 0.593. The minimum absolute atomic E-state index is 0.227. The van der Waals surface area contributed by atoms with Crippen molar-refractivity contribution in [3.63, 3.8) is 0 Å². The Morgan fingerprint density at radius 3 is 2.06 bits per heavy atom. The molecule has 0 aliphatic heterocycles. The van der Waals surface area contributed by atoms with E-state index in [0.29, 0.717) is 11.3 Å². The van der Waals surface area contributed by atoms with Gasteiger partial charge in [0.1, 0.15) is 5.69 Å². The van der Waals surface area contributed by atoms with Crippen molar-refractivity contribution in [2.75, 3.05) is 5.73 Å². The molecule has 0 fully saturated rings. The van der Waals surface area contributed by atoms with Gasteiger partial charge in [0, 0.05) is 17.4 Å². The van der Waals surface area contributed by atoms with Gasteiger partial charge in [0.05, 0.1) is 0 Å². The highest BCUT2D eigenvalue weighted by Gasteiger charge is 1.98. The molecule has 6 N–H and O–H groups in total. The second kappa shape index (κ2) is 6.09. The van der Waals surface area contributed by atoms with Gasteiger partial charge in [-0.3, -0.25) is 4.79 Å². The fraction of sp³-hybridized carbons (Fsp3) is 0. The molecule has 0 aliphatic rings. The number of benzene rings is 1. The molecule has 94 valence electrons. The molecule has 0 bridgehead atoms. The minimum atomic E-state index is -0.921. The minimum Gasteiger partial charge on any atom is -0.477 e. The van der Waals surface area contributed by atoms with E-state index in [4.69, 9.17) is 16.6 Å². The summed E-state index contributed by atoms with van der Waals surface area (Å²) in [4.78, 5) is 23.1. The SMILES string of the molecule is NC(=O)c1ccc(N)cc1.O=C(O)c1ccc[nH]1. The van der Waals surface area contributed by atoms with Gasteiger partial charge in [0.25, 0.3) is 0 Å². The fourth-order valence-corrected chi connectivity index (χ4v) is 1.11. The topological polar surface area (TPSA) is 122 Å². The maximum atomic E-state index is 10.5. The van der Waals surface area contributed by atoms with E-state index in [1.165, 1.54) is 6.07 Å². The molecule has 0 aliphatic carbocycles. The van der Waals surface area contributed by atoms with Crippen LogP contribution in [0.1, 0.15) is 20.8 Å². The Morgan fingerprint density at radius 1 is 1.11 bits per heavy atom. The van der Waals surface area contributed by atoms with Crippen LogP contribution in [0.5, 0.6) is 0 Å². The van der Waals surface area contributed by atoms with Crippen molar-refractivity contribution >= 4 is 17.6 Å². The summed E-state index contributed by atoms with van der Waals surface area (Å²) in [7, 11) is 0. The lowest BCUT2D eigenvalue weighted by molar-refractivity contribution is 0.0691.